The van der Waals surface area contributed by atoms with Gasteiger partial charge in [-0.2, -0.15) is 0 Å². The van der Waals surface area contributed by atoms with Crippen LogP contribution in [-0.4, -0.2) is 39.5 Å². The normalized spacial score (nSPS) is 20.9. The van der Waals surface area contributed by atoms with Crippen LogP contribution in [0.1, 0.15) is 61.4 Å². The van der Waals surface area contributed by atoms with Gasteiger partial charge in [-0.05, 0) is 37.0 Å². The molecular weight excluding hydrogens is 489 g/mol. The molecule has 9 heteroatoms. The van der Waals surface area contributed by atoms with E-state index in [0.717, 1.165) is 43.4 Å². The number of carbonyl (C=O) groups is 3. The number of carbonyl (C=O) groups excluding carboxylic acids is 2. The van der Waals surface area contributed by atoms with E-state index in [4.69, 9.17) is 23.2 Å². The zero-order valence-corrected chi connectivity index (χ0v) is 20.9. The van der Waals surface area contributed by atoms with Crippen molar-refractivity contribution in [3.63, 3.8) is 0 Å². The lowest BCUT2D eigenvalue weighted by Gasteiger charge is -2.49. The number of nitrogens with zero attached hydrogens (tertiary/aromatic N) is 2. The quantitative estimate of drug-likeness (QED) is 0.495. The Bertz CT molecular complexity index is 1150. The van der Waals surface area contributed by atoms with Crippen molar-refractivity contribution in [3.8, 4) is 0 Å². The Labute approximate surface area is 214 Å². The van der Waals surface area contributed by atoms with E-state index in [1.54, 1.807) is 24.3 Å². The molecule has 2 atom stereocenters. The SMILES string of the molecule is CCC1C(=O)C2(CCCCC2)C1=N[C@@H](Cc1ccc(NC(=O)c2c(Cl)cncc2Cl)cc1)C(=O)O. The number of nitrogens with one attached hydrogen (secondary N) is 1. The van der Waals surface area contributed by atoms with Crippen LogP contribution in [0.4, 0.5) is 5.69 Å². The van der Waals surface area contributed by atoms with Crippen LogP contribution in [0.3, 0.4) is 0 Å². The summed E-state index contributed by atoms with van der Waals surface area (Å²) in [6.07, 6.45) is 8.11. The monoisotopic (exact) mass is 515 g/mol. The van der Waals surface area contributed by atoms with Gasteiger partial charge in [0.25, 0.3) is 5.91 Å². The smallest absolute Gasteiger partial charge is 0.328 e. The second kappa shape index (κ2) is 10.5. The molecule has 1 aromatic heterocycles. The Morgan fingerprint density at radius 1 is 1.14 bits per heavy atom. The molecule has 1 heterocycles. The summed E-state index contributed by atoms with van der Waals surface area (Å²) in [6, 6.07) is 5.91. The molecule has 0 bridgehead atoms. The summed E-state index contributed by atoms with van der Waals surface area (Å²) in [4.78, 5) is 46.0. The van der Waals surface area contributed by atoms with Crippen LogP contribution in [0.5, 0.6) is 0 Å². The van der Waals surface area contributed by atoms with E-state index in [1.165, 1.54) is 12.4 Å². The number of carboxylic acid groups (broad SMARTS) is 1. The first-order valence-electron chi connectivity index (χ1n) is 11.8. The van der Waals surface area contributed by atoms with Crippen molar-refractivity contribution in [1.29, 1.82) is 0 Å². The first kappa shape index (κ1) is 25.3. The Morgan fingerprint density at radius 2 is 1.77 bits per heavy atom. The number of Topliss-reactive ketones (excluding diaryl/α,β-unsaturated/α-hetero) is 1. The van der Waals surface area contributed by atoms with Crippen molar-refractivity contribution in [1.82, 2.24) is 4.98 Å². The highest BCUT2D eigenvalue weighted by molar-refractivity contribution is 6.40. The minimum atomic E-state index is -1.02. The topological polar surface area (TPSA) is 109 Å². The average molecular weight is 516 g/mol. The van der Waals surface area contributed by atoms with E-state index < -0.39 is 23.3 Å². The van der Waals surface area contributed by atoms with Crippen LogP contribution in [0.2, 0.25) is 10.0 Å². The van der Waals surface area contributed by atoms with Gasteiger partial charge < -0.3 is 10.4 Å². The van der Waals surface area contributed by atoms with Crippen molar-refractivity contribution in [2.24, 2.45) is 16.3 Å². The van der Waals surface area contributed by atoms with Crippen LogP contribution >= 0.6 is 23.2 Å². The maximum Gasteiger partial charge on any atom is 0.328 e. The van der Waals surface area contributed by atoms with Gasteiger partial charge in [0.15, 0.2) is 11.8 Å². The fraction of sp³-hybridized carbons (Fsp3) is 0.423. The minimum absolute atomic E-state index is 0.131. The molecule has 2 N–H and O–H groups in total. The third-order valence-corrected chi connectivity index (χ3v) is 7.60. The number of ketones is 1. The lowest BCUT2D eigenvalue weighted by atomic mass is 9.52. The molecule has 0 saturated heterocycles. The minimum Gasteiger partial charge on any atom is -0.480 e. The zero-order valence-electron chi connectivity index (χ0n) is 19.4. The van der Waals surface area contributed by atoms with Crippen molar-refractivity contribution in [2.45, 2.75) is 57.9 Å². The molecule has 2 aromatic rings. The highest BCUT2D eigenvalue weighted by Gasteiger charge is 2.58. The molecule has 1 spiro atoms. The van der Waals surface area contributed by atoms with Gasteiger partial charge in [0, 0.05) is 30.2 Å². The van der Waals surface area contributed by atoms with E-state index in [1.807, 2.05) is 6.92 Å². The van der Waals surface area contributed by atoms with E-state index in [0.29, 0.717) is 12.1 Å². The van der Waals surface area contributed by atoms with Gasteiger partial charge in [0.05, 0.1) is 26.9 Å². The van der Waals surface area contributed by atoms with E-state index in [-0.39, 0.29) is 33.7 Å². The summed E-state index contributed by atoms with van der Waals surface area (Å²) in [6.45, 7) is 1.95. The number of aliphatic imine (C=N–C) groups is 1. The van der Waals surface area contributed by atoms with Gasteiger partial charge in [0.2, 0.25) is 0 Å². The number of anilines is 1. The molecule has 0 radical (unpaired) electrons. The van der Waals surface area contributed by atoms with Crippen molar-refractivity contribution < 1.29 is 19.5 Å². The fourth-order valence-electron chi connectivity index (χ4n) is 5.22. The first-order valence-corrected chi connectivity index (χ1v) is 12.6. The second-order valence-corrected chi connectivity index (χ2v) is 9.98. The predicted molar refractivity (Wildman–Crippen MR) is 136 cm³/mol. The third kappa shape index (κ3) is 4.98. The molecule has 35 heavy (non-hydrogen) atoms. The Morgan fingerprint density at radius 3 is 2.34 bits per heavy atom. The third-order valence-electron chi connectivity index (χ3n) is 7.03. The lowest BCUT2D eigenvalue weighted by Crippen LogP contribution is -2.60. The van der Waals surface area contributed by atoms with Gasteiger partial charge in [-0.3, -0.25) is 19.6 Å². The van der Waals surface area contributed by atoms with E-state index in [9.17, 15) is 19.5 Å². The molecule has 2 saturated carbocycles. The molecule has 1 aromatic carbocycles. The molecule has 2 fully saturated rings. The van der Waals surface area contributed by atoms with Crippen molar-refractivity contribution in [2.75, 3.05) is 5.32 Å². The average Bonchev–Trinajstić information content (AvgIpc) is 2.84. The van der Waals surface area contributed by atoms with Crippen LogP contribution in [0.25, 0.3) is 0 Å². The number of rotatable bonds is 7. The van der Waals surface area contributed by atoms with Crippen molar-refractivity contribution >= 4 is 52.3 Å². The standard InChI is InChI=1S/C26H27Cl2N3O4/c1-2-17-22(26(23(17)32)10-4-3-5-11-26)31-20(25(34)35)12-15-6-8-16(9-7-15)30-24(33)21-18(27)13-29-14-19(21)28/h6-9,13-14,17,20H,2-5,10-12H2,1H3,(H,30,33)(H,34,35)/t17?,20-/m0/s1. The van der Waals surface area contributed by atoms with Gasteiger partial charge in [-0.15, -0.1) is 0 Å². The second-order valence-electron chi connectivity index (χ2n) is 9.17. The van der Waals surface area contributed by atoms with Gasteiger partial charge >= 0.3 is 5.97 Å². The van der Waals surface area contributed by atoms with Crippen LogP contribution in [-0.2, 0) is 16.0 Å². The molecule has 0 aliphatic heterocycles. The van der Waals surface area contributed by atoms with Crippen molar-refractivity contribution in [3.05, 3.63) is 57.8 Å². The van der Waals surface area contributed by atoms with Gasteiger partial charge in [-0.1, -0.05) is 61.5 Å². The number of aromatic nitrogens is 1. The molecule has 4 rings (SSSR count). The molecule has 7 nitrogen and oxygen atoms in total. The highest BCUT2D eigenvalue weighted by atomic mass is 35.5. The summed E-state index contributed by atoms with van der Waals surface area (Å²) in [7, 11) is 0. The summed E-state index contributed by atoms with van der Waals surface area (Å²) in [5, 5.41) is 12.9. The number of hydrogen-bond donors (Lipinski definition) is 2. The van der Waals surface area contributed by atoms with Crippen LogP contribution in [0.15, 0.2) is 41.7 Å². The number of pyridine rings is 1. The number of carboxylic acids is 1. The predicted octanol–water partition coefficient (Wildman–Crippen LogP) is 5.64. The molecule has 1 amide bonds. The first-order chi connectivity index (χ1) is 16.8. The van der Waals surface area contributed by atoms with Crippen LogP contribution < -0.4 is 5.32 Å². The Balaban J connectivity index is 1.50. The summed E-state index contributed by atoms with van der Waals surface area (Å²) >= 11 is 12.1. The van der Waals surface area contributed by atoms with E-state index >= 15 is 0 Å². The molecule has 184 valence electrons. The summed E-state index contributed by atoms with van der Waals surface area (Å²) < 4.78 is 0. The molecule has 1 unspecified atom stereocenters. The number of benzene rings is 1. The Hall–Kier alpha value is -2.77. The summed E-state index contributed by atoms with van der Waals surface area (Å²) in [5.41, 5.74) is 1.64. The van der Waals surface area contributed by atoms with Crippen LogP contribution in [0, 0.1) is 11.3 Å². The van der Waals surface area contributed by atoms with E-state index in [2.05, 4.69) is 15.3 Å². The van der Waals surface area contributed by atoms with Gasteiger partial charge in [-0.25, -0.2) is 4.79 Å². The maximum absolute atomic E-state index is 12.9. The highest BCUT2D eigenvalue weighted by Crippen LogP contribution is 2.51. The molecular formula is C26H27Cl2N3O4. The zero-order chi connectivity index (χ0) is 25.2. The summed E-state index contributed by atoms with van der Waals surface area (Å²) in [5.74, 6) is -1.52. The lowest BCUT2D eigenvalue weighted by molar-refractivity contribution is -0.139. The van der Waals surface area contributed by atoms with Gasteiger partial charge in [0.1, 0.15) is 0 Å². The largest absolute Gasteiger partial charge is 0.480 e. The Kier molecular flexibility index (Phi) is 7.57. The maximum atomic E-state index is 12.9. The molecule has 2 aliphatic carbocycles. The number of halogens is 2. The molecule has 2 aliphatic rings. The fourth-order valence-corrected chi connectivity index (χ4v) is 5.75. The number of aliphatic carboxylic acids is 1. The number of amides is 1. The number of hydrogen-bond acceptors (Lipinski definition) is 5.